The van der Waals surface area contributed by atoms with Gasteiger partial charge in [0.25, 0.3) is 0 Å². The summed E-state index contributed by atoms with van der Waals surface area (Å²) in [5.74, 6) is 2.04. The lowest BCUT2D eigenvalue weighted by atomic mass is 9.85. The molecule has 5 heteroatoms. The van der Waals surface area contributed by atoms with Gasteiger partial charge in [-0.15, -0.1) is 0 Å². The topological polar surface area (TPSA) is 73.6 Å². The van der Waals surface area contributed by atoms with Gasteiger partial charge in [-0.25, -0.2) is 0 Å². The fourth-order valence-electron chi connectivity index (χ4n) is 3.62. The van der Waals surface area contributed by atoms with E-state index < -0.39 is 6.04 Å². The van der Waals surface area contributed by atoms with Crippen LogP contribution >= 0.6 is 0 Å². The van der Waals surface area contributed by atoms with Crippen molar-refractivity contribution in [3.05, 3.63) is 23.8 Å². The molecule has 1 saturated carbocycles. The number of fused-ring (bicyclic) bond motifs is 1. The van der Waals surface area contributed by atoms with Crippen molar-refractivity contribution in [2.75, 3.05) is 13.2 Å². The highest BCUT2D eigenvalue weighted by Crippen LogP contribution is 2.32. The Hall–Kier alpha value is -1.75. The second-order valence-corrected chi connectivity index (χ2v) is 6.98. The summed E-state index contributed by atoms with van der Waals surface area (Å²) in [6, 6.07) is 5.27. The Bertz CT molecular complexity index is 570. The molecule has 0 aromatic heterocycles. The lowest BCUT2D eigenvalue weighted by molar-refractivity contribution is -0.123. The summed E-state index contributed by atoms with van der Waals surface area (Å²) >= 11 is 0. The minimum absolute atomic E-state index is 0.0667. The summed E-state index contributed by atoms with van der Waals surface area (Å²) < 4.78 is 11.1. The Kier molecular flexibility index (Phi) is 5.61. The van der Waals surface area contributed by atoms with Crippen LogP contribution < -0.4 is 20.5 Å². The number of carbonyl (C=O) groups is 1. The van der Waals surface area contributed by atoms with Gasteiger partial charge in [0, 0.05) is 0 Å². The predicted molar refractivity (Wildman–Crippen MR) is 93.2 cm³/mol. The van der Waals surface area contributed by atoms with Gasteiger partial charge in [0.05, 0.1) is 12.1 Å². The molecule has 0 bridgehead atoms. The first-order valence-electron chi connectivity index (χ1n) is 9.09. The van der Waals surface area contributed by atoms with Crippen LogP contribution in [0.25, 0.3) is 0 Å². The van der Waals surface area contributed by atoms with E-state index in [0.717, 1.165) is 23.5 Å². The molecule has 2 aliphatic rings. The molecule has 132 valence electrons. The molecule has 1 aromatic rings. The molecular formula is C19H28N2O3. The van der Waals surface area contributed by atoms with Gasteiger partial charge < -0.3 is 20.5 Å². The van der Waals surface area contributed by atoms with Crippen molar-refractivity contribution in [3.63, 3.8) is 0 Å². The normalized spacial score (nSPS) is 20.2. The average molecular weight is 332 g/mol. The SMILES string of the molecule is CC(NC(=O)C(N)CC1CCCCC1)c1ccc2c(c1)OCCO2. The molecule has 3 rings (SSSR count). The minimum atomic E-state index is -0.423. The third kappa shape index (κ3) is 4.20. The smallest absolute Gasteiger partial charge is 0.237 e. The Morgan fingerprint density at radius 2 is 1.92 bits per heavy atom. The van der Waals surface area contributed by atoms with E-state index in [2.05, 4.69) is 5.32 Å². The van der Waals surface area contributed by atoms with Gasteiger partial charge in [0.15, 0.2) is 11.5 Å². The Balaban J connectivity index is 1.55. The molecule has 3 N–H and O–H groups in total. The van der Waals surface area contributed by atoms with Crippen molar-refractivity contribution < 1.29 is 14.3 Å². The number of nitrogens with one attached hydrogen (secondary N) is 1. The second-order valence-electron chi connectivity index (χ2n) is 6.98. The van der Waals surface area contributed by atoms with Crippen LogP contribution in [0.15, 0.2) is 18.2 Å². The van der Waals surface area contributed by atoms with Crippen LogP contribution in [-0.2, 0) is 4.79 Å². The van der Waals surface area contributed by atoms with Gasteiger partial charge in [-0.3, -0.25) is 4.79 Å². The van der Waals surface area contributed by atoms with E-state index in [1.165, 1.54) is 32.1 Å². The third-order valence-electron chi connectivity index (χ3n) is 5.07. The first-order chi connectivity index (χ1) is 11.6. The Morgan fingerprint density at radius 3 is 2.67 bits per heavy atom. The maximum Gasteiger partial charge on any atom is 0.237 e. The van der Waals surface area contributed by atoms with Crippen LogP contribution in [0.3, 0.4) is 0 Å². The van der Waals surface area contributed by atoms with Crippen molar-refractivity contribution in [3.8, 4) is 11.5 Å². The lowest BCUT2D eigenvalue weighted by Gasteiger charge is -2.25. The summed E-state index contributed by atoms with van der Waals surface area (Å²) in [5.41, 5.74) is 7.13. The summed E-state index contributed by atoms with van der Waals surface area (Å²) in [6.45, 7) is 3.11. The predicted octanol–water partition coefficient (Wildman–Crippen LogP) is 2.93. The zero-order valence-corrected chi connectivity index (χ0v) is 14.4. The maximum atomic E-state index is 12.4. The number of amides is 1. The van der Waals surface area contributed by atoms with E-state index >= 15 is 0 Å². The van der Waals surface area contributed by atoms with Crippen LogP contribution in [-0.4, -0.2) is 25.2 Å². The van der Waals surface area contributed by atoms with E-state index in [9.17, 15) is 4.79 Å². The van der Waals surface area contributed by atoms with Crippen LogP contribution in [0.2, 0.25) is 0 Å². The molecule has 1 heterocycles. The first-order valence-corrected chi connectivity index (χ1v) is 9.09. The van der Waals surface area contributed by atoms with Gasteiger partial charge in [-0.2, -0.15) is 0 Å². The van der Waals surface area contributed by atoms with E-state index in [-0.39, 0.29) is 11.9 Å². The molecule has 24 heavy (non-hydrogen) atoms. The van der Waals surface area contributed by atoms with Gasteiger partial charge in [0.1, 0.15) is 13.2 Å². The van der Waals surface area contributed by atoms with Crippen molar-refractivity contribution in [2.24, 2.45) is 11.7 Å². The number of nitrogens with two attached hydrogens (primary N) is 1. The zero-order valence-electron chi connectivity index (χ0n) is 14.4. The van der Waals surface area contributed by atoms with Crippen molar-refractivity contribution in [2.45, 2.75) is 57.5 Å². The highest BCUT2D eigenvalue weighted by molar-refractivity contribution is 5.81. The lowest BCUT2D eigenvalue weighted by Crippen LogP contribution is -2.42. The van der Waals surface area contributed by atoms with Crippen LogP contribution in [0.5, 0.6) is 11.5 Å². The van der Waals surface area contributed by atoms with E-state index in [1.54, 1.807) is 0 Å². The monoisotopic (exact) mass is 332 g/mol. The zero-order chi connectivity index (χ0) is 16.9. The fraction of sp³-hybridized carbons (Fsp3) is 0.632. The Morgan fingerprint density at radius 1 is 1.21 bits per heavy atom. The third-order valence-corrected chi connectivity index (χ3v) is 5.07. The Labute approximate surface area is 143 Å². The fourth-order valence-corrected chi connectivity index (χ4v) is 3.62. The average Bonchev–Trinajstić information content (AvgIpc) is 2.62. The summed E-state index contributed by atoms with van der Waals surface area (Å²) in [5, 5.41) is 3.03. The van der Waals surface area contributed by atoms with E-state index in [4.69, 9.17) is 15.2 Å². The largest absolute Gasteiger partial charge is 0.486 e. The molecule has 2 atom stereocenters. The van der Waals surface area contributed by atoms with E-state index in [0.29, 0.717) is 19.1 Å². The first kappa shape index (κ1) is 17.1. The highest BCUT2D eigenvalue weighted by atomic mass is 16.6. The number of ether oxygens (including phenoxy) is 2. The molecule has 1 aliphatic carbocycles. The summed E-state index contributed by atoms with van der Waals surface area (Å²) in [7, 11) is 0. The molecule has 1 amide bonds. The second kappa shape index (κ2) is 7.88. The van der Waals surface area contributed by atoms with Crippen LogP contribution in [0.4, 0.5) is 0 Å². The molecule has 0 radical (unpaired) electrons. The van der Waals surface area contributed by atoms with Gasteiger partial charge >= 0.3 is 0 Å². The molecule has 2 unspecified atom stereocenters. The standard InChI is InChI=1S/C19H28N2O3/c1-13(15-7-8-17-18(12-15)24-10-9-23-17)21-19(22)16(20)11-14-5-3-2-4-6-14/h7-8,12-14,16H,2-6,9-11,20H2,1H3,(H,21,22). The molecule has 0 saturated heterocycles. The van der Waals surface area contributed by atoms with Gasteiger partial charge in [-0.1, -0.05) is 38.2 Å². The quantitative estimate of drug-likeness (QED) is 0.869. The molecule has 1 fully saturated rings. The minimum Gasteiger partial charge on any atom is -0.486 e. The summed E-state index contributed by atoms with van der Waals surface area (Å²) in [6.07, 6.45) is 7.06. The van der Waals surface area contributed by atoms with Gasteiger partial charge in [0.2, 0.25) is 5.91 Å². The van der Waals surface area contributed by atoms with E-state index in [1.807, 2.05) is 25.1 Å². The van der Waals surface area contributed by atoms with Crippen LogP contribution in [0, 0.1) is 5.92 Å². The highest BCUT2D eigenvalue weighted by Gasteiger charge is 2.23. The summed E-state index contributed by atoms with van der Waals surface area (Å²) in [4.78, 5) is 12.4. The van der Waals surface area contributed by atoms with Crippen LogP contribution in [0.1, 0.15) is 57.1 Å². The van der Waals surface area contributed by atoms with Crippen molar-refractivity contribution >= 4 is 5.91 Å². The van der Waals surface area contributed by atoms with Crippen molar-refractivity contribution in [1.82, 2.24) is 5.32 Å². The van der Waals surface area contributed by atoms with Gasteiger partial charge in [-0.05, 0) is 37.0 Å². The molecule has 1 aromatic carbocycles. The molecular weight excluding hydrogens is 304 g/mol. The van der Waals surface area contributed by atoms with Crippen molar-refractivity contribution in [1.29, 1.82) is 0 Å². The number of benzene rings is 1. The molecule has 5 nitrogen and oxygen atoms in total. The number of rotatable bonds is 5. The maximum absolute atomic E-state index is 12.4. The molecule has 0 spiro atoms. The number of hydrogen-bond donors (Lipinski definition) is 2. The molecule has 1 aliphatic heterocycles. The number of hydrogen-bond acceptors (Lipinski definition) is 4. The number of carbonyl (C=O) groups excluding carboxylic acids is 1.